The van der Waals surface area contributed by atoms with E-state index in [4.69, 9.17) is 0 Å². The molecule has 0 spiro atoms. The zero-order chi connectivity index (χ0) is 33.0. The van der Waals surface area contributed by atoms with Gasteiger partial charge in [0.25, 0.3) is 0 Å². The maximum atomic E-state index is 2.44. The number of benzene rings is 8. The summed E-state index contributed by atoms with van der Waals surface area (Å²) in [6.07, 6.45) is 2.40. The Morgan fingerprint density at radius 3 is 1.28 bits per heavy atom. The monoisotopic (exact) mass is 632 g/mol. The van der Waals surface area contributed by atoms with Crippen LogP contribution in [0.2, 0.25) is 0 Å². The van der Waals surface area contributed by atoms with Crippen LogP contribution in [0, 0.1) is 0 Å². The lowest BCUT2D eigenvalue weighted by Crippen LogP contribution is -1.95. The van der Waals surface area contributed by atoms with Crippen LogP contribution in [-0.4, -0.2) is 0 Å². The molecule has 2 aliphatic carbocycles. The van der Waals surface area contributed by atoms with Crippen LogP contribution in [0.5, 0.6) is 0 Å². The first kappa shape index (κ1) is 28.5. The summed E-state index contributed by atoms with van der Waals surface area (Å²) in [5.74, 6) is 0. The highest BCUT2D eigenvalue weighted by Crippen LogP contribution is 2.58. The molecule has 2 aliphatic rings. The minimum atomic E-state index is 1.22. The van der Waals surface area contributed by atoms with Gasteiger partial charge < -0.3 is 0 Å². The van der Waals surface area contributed by atoms with E-state index in [0.29, 0.717) is 0 Å². The molecule has 0 N–H and O–H groups in total. The van der Waals surface area contributed by atoms with Crippen LogP contribution in [0.3, 0.4) is 0 Å². The molecule has 0 fully saturated rings. The Balaban J connectivity index is 1.28. The highest BCUT2D eigenvalue weighted by atomic mass is 14.4. The third-order valence-corrected chi connectivity index (χ3v) is 10.4. The Labute approximate surface area is 292 Å². The van der Waals surface area contributed by atoms with E-state index in [0.717, 1.165) is 0 Å². The van der Waals surface area contributed by atoms with Gasteiger partial charge in [0.05, 0.1) is 0 Å². The standard InChI is InChI=1S/C50H32/c1-4-17-33(18-5-1)45-40-27-12-14-29-42(40)46(43-30-15-13-28-41(43)45)37-24-16-25-38(31-37)49-48(35-21-8-3-9-22-35)47(34-19-6-2-7-20-34)44-32-36-23-10-11-26-39(36)50(44)49/h1-32H. The van der Waals surface area contributed by atoms with E-state index < -0.39 is 0 Å². The van der Waals surface area contributed by atoms with Gasteiger partial charge >= 0.3 is 0 Å². The molecule has 0 amide bonds. The first-order valence-electron chi connectivity index (χ1n) is 17.4. The predicted molar refractivity (Wildman–Crippen MR) is 213 cm³/mol. The van der Waals surface area contributed by atoms with Crippen LogP contribution in [-0.2, 0) is 0 Å². The quantitative estimate of drug-likeness (QED) is 0.166. The van der Waals surface area contributed by atoms with Gasteiger partial charge in [-0.25, -0.2) is 0 Å². The molecule has 0 heteroatoms. The molecule has 0 nitrogen and oxygen atoms in total. The lowest BCUT2D eigenvalue weighted by atomic mass is 9.84. The molecule has 232 valence electrons. The van der Waals surface area contributed by atoms with Gasteiger partial charge in [-0.1, -0.05) is 182 Å². The highest BCUT2D eigenvalue weighted by Gasteiger charge is 2.36. The average molecular weight is 633 g/mol. The van der Waals surface area contributed by atoms with E-state index in [1.807, 2.05) is 0 Å². The molecule has 50 heavy (non-hydrogen) atoms. The van der Waals surface area contributed by atoms with E-state index in [2.05, 4.69) is 194 Å². The van der Waals surface area contributed by atoms with Gasteiger partial charge in [0, 0.05) is 0 Å². The molecule has 0 saturated heterocycles. The molecule has 0 aromatic heterocycles. The molecule has 0 aliphatic heterocycles. The average Bonchev–Trinajstić information content (AvgIpc) is 3.73. The second-order valence-electron chi connectivity index (χ2n) is 13.2. The first-order chi connectivity index (χ1) is 24.8. The van der Waals surface area contributed by atoms with Crippen molar-refractivity contribution in [2.45, 2.75) is 0 Å². The van der Waals surface area contributed by atoms with Gasteiger partial charge in [0.15, 0.2) is 0 Å². The second-order valence-corrected chi connectivity index (χ2v) is 13.2. The molecular formula is C50H32. The largest absolute Gasteiger partial charge is 0.0622 e. The zero-order valence-electron chi connectivity index (χ0n) is 27.5. The second kappa shape index (κ2) is 11.6. The Hall–Kier alpha value is -6.50. The molecule has 8 aromatic rings. The van der Waals surface area contributed by atoms with Gasteiger partial charge in [0.2, 0.25) is 0 Å². The number of rotatable bonds is 5. The lowest BCUT2D eigenvalue weighted by molar-refractivity contribution is 1.57. The van der Waals surface area contributed by atoms with E-state index >= 15 is 0 Å². The summed E-state index contributed by atoms with van der Waals surface area (Å²) in [5, 5.41) is 5.07. The highest BCUT2D eigenvalue weighted by molar-refractivity contribution is 6.37. The number of fused-ring (bicyclic) bond motifs is 5. The van der Waals surface area contributed by atoms with Gasteiger partial charge in [0.1, 0.15) is 0 Å². The Morgan fingerprint density at radius 2 is 0.680 bits per heavy atom. The SMILES string of the molecule is C1=C2C(c3ccccc3)=C(c3ccccc3)C(c3cccc(-c4c5ccccc5c(-c5ccccc5)c5ccccc45)c3)=C2c2ccccc21. The minimum Gasteiger partial charge on any atom is -0.0622 e. The summed E-state index contributed by atoms with van der Waals surface area (Å²) in [4.78, 5) is 0. The molecule has 10 rings (SSSR count). The molecule has 0 saturated carbocycles. The normalized spacial score (nSPS) is 13.6. The third kappa shape index (κ3) is 4.39. The summed E-state index contributed by atoms with van der Waals surface area (Å²) in [7, 11) is 0. The van der Waals surface area contributed by atoms with Gasteiger partial charge in [-0.3, -0.25) is 0 Å². The fourth-order valence-electron chi connectivity index (χ4n) is 8.35. The van der Waals surface area contributed by atoms with Crippen LogP contribution in [0.25, 0.3) is 72.2 Å². The summed E-state index contributed by atoms with van der Waals surface area (Å²) in [6.45, 7) is 0. The topological polar surface area (TPSA) is 0 Å². The molecule has 0 radical (unpaired) electrons. The maximum absolute atomic E-state index is 2.44. The molecule has 8 aromatic carbocycles. The number of allylic oxidation sites excluding steroid dienone is 5. The molecule has 0 bridgehead atoms. The van der Waals surface area contributed by atoms with Crippen molar-refractivity contribution in [1.82, 2.24) is 0 Å². The van der Waals surface area contributed by atoms with E-state index in [9.17, 15) is 0 Å². The zero-order valence-corrected chi connectivity index (χ0v) is 27.5. The van der Waals surface area contributed by atoms with Crippen LogP contribution in [0.1, 0.15) is 27.8 Å². The molecule has 0 atom stereocenters. The summed E-state index contributed by atoms with van der Waals surface area (Å²) < 4.78 is 0. The molecule has 0 unspecified atom stereocenters. The first-order valence-corrected chi connectivity index (χ1v) is 17.4. The van der Waals surface area contributed by atoms with E-state index in [1.54, 1.807) is 0 Å². The summed E-state index contributed by atoms with van der Waals surface area (Å²) in [6, 6.07) is 68.7. The fraction of sp³-hybridized carbons (Fsp3) is 0. The maximum Gasteiger partial charge on any atom is -0.00137 e. The van der Waals surface area contributed by atoms with Crippen LogP contribution < -0.4 is 0 Å². The third-order valence-electron chi connectivity index (χ3n) is 10.4. The predicted octanol–water partition coefficient (Wildman–Crippen LogP) is 13.3. The number of hydrogen-bond donors (Lipinski definition) is 0. The number of hydrogen-bond acceptors (Lipinski definition) is 0. The van der Waals surface area contributed by atoms with Crippen molar-refractivity contribution in [3.05, 3.63) is 221 Å². The fourth-order valence-corrected chi connectivity index (χ4v) is 8.35. The van der Waals surface area contributed by atoms with Crippen LogP contribution >= 0.6 is 0 Å². The van der Waals surface area contributed by atoms with Crippen molar-refractivity contribution < 1.29 is 0 Å². The van der Waals surface area contributed by atoms with E-state index in [1.165, 1.54) is 99.5 Å². The van der Waals surface area contributed by atoms with Gasteiger partial charge in [-0.15, -0.1) is 0 Å². The lowest BCUT2D eigenvalue weighted by Gasteiger charge is -2.19. The Morgan fingerprint density at radius 1 is 0.260 bits per heavy atom. The smallest absolute Gasteiger partial charge is 0.00137 e. The van der Waals surface area contributed by atoms with E-state index in [-0.39, 0.29) is 0 Å². The molecule has 0 heterocycles. The summed E-state index contributed by atoms with van der Waals surface area (Å²) in [5.41, 5.74) is 17.8. The minimum absolute atomic E-state index is 1.22. The van der Waals surface area contributed by atoms with Crippen LogP contribution in [0.4, 0.5) is 0 Å². The molecular weight excluding hydrogens is 601 g/mol. The van der Waals surface area contributed by atoms with Gasteiger partial charge in [-0.2, -0.15) is 0 Å². The Bertz CT molecular complexity index is 2650. The van der Waals surface area contributed by atoms with Crippen molar-refractivity contribution in [1.29, 1.82) is 0 Å². The van der Waals surface area contributed by atoms with Gasteiger partial charge in [-0.05, 0) is 112 Å². The van der Waals surface area contributed by atoms with Crippen LogP contribution in [0.15, 0.2) is 194 Å². The summed E-state index contributed by atoms with van der Waals surface area (Å²) >= 11 is 0. The van der Waals surface area contributed by atoms with Crippen molar-refractivity contribution >= 4 is 49.9 Å². The van der Waals surface area contributed by atoms with Crippen molar-refractivity contribution in [3.63, 3.8) is 0 Å². The van der Waals surface area contributed by atoms with Crippen molar-refractivity contribution in [2.75, 3.05) is 0 Å². The van der Waals surface area contributed by atoms with Crippen molar-refractivity contribution in [3.8, 4) is 22.3 Å². The Kier molecular flexibility index (Phi) is 6.60. The van der Waals surface area contributed by atoms with Crippen molar-refractivity contribution in [2.24, 2.45) is 0 Å².